The molecule has 1 atom stereocenters. The van der Waals surface area contributed by atoms with Crippen LogP contribution in [0.1, 0.15) is 22.9 Å². The van der Waals surface area contributed by atoms with Crippen molar-refractivity contribution in [3.8, 4) is 17.2 Å². The molecular weight excluding hydrogens is 548 g/mol. The summed E-state index contributed by atoms with van der Waals surface area (Å²) in [6.45, 7) is 0.0862. The van der Waals surface area contributed by atoms with Gasteiger partial charge in [0.25, 0.3) is 11.7 Å². The SMILES string of the molecule is COc1ccc(/C(O)=C2\C(=O)C(=O)N(Cc3ccccn3)C2c2cccc(Oc3ccccc3)c2)cc1Br. The number of Topliss-reactive ketones (excluding diaryl/α,β-unsaturated/α-hetero) is 1. The van der Waals surface area contributed by atoms with Gasteiger partial charge in [0.05, 0.1) is 35.4 Å². The van der Waals surface area contributed by atoms with Crippen LogP contribution in [0.4, 0.5) is 0 Å². The first kappa shape index (κ1) is 25.2. The van der Waals surface area contributed by atoms with Crippen molar-refractivity contribution in [2.24, 2.45) is 0 Å². The quantitative estimate of drug-likeness (QED) is 0.160. The molecule has 5 rings (SSSR count). The molecule has 0 saturated carbocycles. The lowest BCUT2D eigenvalue weighted by atomic mass is 9.95. The molecule has 1 aromatic heterocycles. The highest BCUT2D eigenvalue weighted by Gasteiger charge is 2.46. The zero-order chi connectivity index (χ0) is 26.6. The van der Waals surface area contributed by atoms with Gasteiger partial charge in [-0.2, -0.15) is 0 Å². The monoisotopic (exact) mass is 570 g/mol. The van der Waals surface area contributed by atoms with Crippen LogP contribution in [0.25, 0.3) is 5.76 Å². The van der Waals surface area contributed by atoms with Gasteiger partial charge in [0, 0.05) is 11.8 Å². The number of pyridine rings is 1. The number of rotatable bonds is 7. The minimum Gasteiger partial charge on any atom is -0.507 e. The molecule has 2 heterocycles. The molecule has 4 aromatic rings. The second-order valence-corrected chi connectivity index (χ2v) is 9.44. The Labute approximate surface area is 228 Å². The van der Waals surface area contributed by atoms with Crippen molar-refractivity contribution in [2.45, 2.75) is 12.6 Å². The first-order chi connectivity index (χ1) is 18.5. The third-order valence-electron chi connectivity index (χ3n) is 6.18. The Morgan fingerprint density at radius 3 is 2.42 bits per heavy atom. The molecular formula is C30H23BrN2O5. The van der Waals surface area contributed by atoms with E-state index in [-0.39, 0.29) is 17.9 Å². The summed E-state index contributed by atoms with van der Waals surface area (Å²) in [5.41, 5.74) is 1.58. The minimum absolute atomic E-state index is 0.0140. The van der Waals surface area contributed by atoms with Crippen LogP contribution in [0, 0.1) is 0 Å². The van der Waals surface area contributed by atoms with Crippen molar-refractivity contribution < 1.29 is 24.2 Å². The maximum Gasteiger partial charge on any atom is 0.296 e. The van der Waals surface area contributed by atoms with Crippen molar-refractivity contribution in [2.75, 3.05) is 7.11 Å². The van der Waals surface area contributed by atoms with Crippen molar-refractivity contribution in [3.63, 3.8) is 0 Å². The van der Waals surface area contributed by atoms with Crippen molar-refractivity contribution in [1.29, 1.82) is 0 Å². The van der Waals surface area contributed by atoms with Gasteiger partial charge in [0.2, 0.25) is 0 Å². The Kier molecular flexibility index (Phi) is 7.24. The number of benzene rings is 3. The smallest absolute Gasteiger partial charge is 0.296 e. The van der Waals surface area contributed by atoms with Gasteiger partial charge in [-0.1, -0.05) is 36.4 Å². The van der Waals surface area contributed by atoms with E-state index in [0.717, 1.165) is 0 Å². The topological polar surface area (TPSA) is 89.0 Å². The molecule has 0 spiro atoms. The number of para-hydroxylation sites is 1. The fourth-order valence-electron chi connectivity index (χ4n) is 4.40. The predicted molar refractivity (Wildman–Crippen MR) is 146 cm³/mol. The summed E-state index contributed by atoms with van der Waals surface area (Å²) in [5, 5.41) is 11.4. The number of nitrogens with zero attached hydrogens (tertiary/aromatic N) is 2. The van der Waals surface area contributed by atoms with Crippen LogP contribution in [0.5, 0.6) is 17.2 Å². The van der Waals surface area contributed by atoms with Gasteiger partial charge in [0.15, 0.2) is 0 Å². The Morgan fingerprint density at radius 1 is 0.947 bits per heavy atom. The van der Waals surface area contributed by atoms with Crippen LogP contribution >= 0.6 is 15.9 Å². The molecule has 1 fully saturated rings. The van der Waals surface area contributed by atoms with Gasteiger partial charge in [-0.15, -0.1) is 0 Å². The van der Waals surface area contributed by atoms with E-state index in [9.17, 15) is 14.7 Å². The Hall–Kier alpha value is -4.43. The highest BCUT2D eigenvalue weighted by molar-refractivity contribution is 9.10. The predicted octanol–water partition coefficient (Wildman–Crippen LogP) is 6.27. The number of hydrogen-bond acceptors (Lipinski definition) is 6. The lowest BCUT2D eigenvalue weighted by Gasteiger charge is -2.25. The van der Waals surface area contributed by atoms with E-state index < -0.39 is 17.7 Å². The van der Waals surface area contributed by atoms with E-state index in [1.54, 1.807) is 60.8 Å². The third-order valence-corrected chi connectivity index (χ3v) is 6.80. The van der Waals surface area contributed by atoms with E-state index in [1.807, 2.05) is 36.4 Å². The third kappa shape index (κ3) is 5.03. The highest BCUT2D eigenvalue weighted by Crippen LogP contribution is 2.42. The molecule has 190 valence electrons. The molecule has 0 aliphatic carbocycles. The number of aromatic nitrogens is 1. The normalized spacial score (nSPS) is 16.5. The van der Waals surface area contributed by atoms with Crippen LogP contribution < -0.4 is 9.47 Å². The number of aliphatic hydroxyl groups is 1. The number of halogens is 1. The van der Waals surface area contributed by atoms with E-state index in [2.05, 4.69) is 20.9 Å². The molecule has 0 bridgehead atoms. The number of carbonyl (C=O) groups excluding carboxylic acids is 2. The summed E-state index contributed by atoms with van der Waals surface area (Å²) in [4.78, 5) is 32.5. The first-order valence-corrected chi connectivity index (χ1v) is 12.6. The maximum absolute atomic E-state index is 13.4. The lowest BCUT2D eigenvalue weighted by molar-refractivity contribution is -0.140. The average molecular weight is 571 g/mol. The maximum atomic E-state index is 13.4. The molecule has 8 heteroatoms. The standard InChI is InChI=1S/C30H23BrN2O5/c1-37-25-14-13-20(17-24(25)31)28(34)26-27(33(30(36)29(26)35)18-21-9-5-6-15-32-21)19-8-7-12-23(16-19)38-22-10-3-2-4-11-22/h2-17,27,34H,18H2,1H3/b28-26+. The van der Waals surface area contributed by atoms with Crippen molar-refractivity contribution >= 4 is 33.4 Å². The molecule has 1 unspecified atom stereocenters. The second kappa shape index (κ2) is 10.9. The number of ether oxygens (including phenoxy) is 2. The summed E-state index contributed by atoms with van der Waals surface area (Å²) in [5.74, 6) is -0.0254. The van der Waals surface area contributed by atoms with Gasteiger partial charge in [-0.05, 0) is 76.1 Å². The molecule has 1 aliphatic rings. The summed E-state index contributed by atoms with van der Waals surface area (Å²) >= 11 is 3.42. The largest absolute Gasteiger partial charge is 0.507 e. The molecule has 38 heavy (non-hydrogen) atoms. The van der Waals surface area contributed by atoms with Gasteiger partial charge in [-0.25, -0.2) is 0 Å². The summed E-state index contributed by atoms with van der Waals surface area (Å²) in [6.07, 6.45) is 1.63. The zero-order valence-electron chi connectivity index (χ0n) is 20.4. The number of methoxy groups -OCH3 is 1. The van der Waals surface area contributed by atoms with E-state index in [0.29, 0.717) is 38.5 Å². The summed E-state index contributed by atoms with van der Waals surface area (Å²) in [7, 11) is 1.54. The van der Waals surface area contributed by atoms with Crippen molar-refractivity contribution in [3.05, 3.63) is 124 Å². The summed E-state index contributed by atoms with van der Waals surface area (Å²) in [6, 6.07) is 25.9. The van der Waals surface area contributed by atoms with E-state index in [4.69, 9.17) is 9.47 Å². The molecule has 1 amide bonds. The number of carbonyl (C=O) groups is 2. The molecule has 1 N–H and O–H groups in total. The van der Waals surface area contributed by atoms with Crippen LogP contribution in [0.2, 0.25) is 0 Å². The number of aliphatic hydroxyl groups excluding tert-OH is 1. The Bertz CT molecular complexity index is 1520. The van der Waals surface area contributed by atoms with Crippen LogP contribution in [-0.2, 0) is 16.1 Å². The number of likely N-dealkylation sites (tertiary alicyclic amines) is 1. The molecule has 3 aromatic carbocycles. The van der Waals surface area contributed by atoms with E-state index in [1.165, 1.54) is 12.0 Å². The number of amides is 1. The van der Waals surface area contributed by atoms with Crippen LogP contribution in [-0.4, -0.2) is 33.8 Å². The summed E-state index contributed by atoms with van der Waals surface area (Å²) < 4.78 is 11.9. The lowest BCUT2D eigenvalue weighted by Crippen LogP contribution is -2.29. The molecule has 1 aliphatic heterocycles. The fourth-order valence-corrected chi connectivity index (χ4v) is 4.94. The van der Waals surface area contributed by atoms with Gasteiger partial charge in [-0.3, -0.25) is 14.6 Å². The molecule has 1 saturated heterocycles. The van der Waals surface area contributed by atoms with Crippen LogP contribution in [0.15, 0.2) is 107 Å². The van der Waals surface area contributed by atoms with Crippen molar-refractivity contribution in [1.82, 2.24) is 9.88 Å². The van der Waals surface area contributed by atoms with Crippen LogP contribution in [0.3, 0.4) is 0 Å². The fraction of sp³-hybridized carbons (Fsp3) is 0.100. The minimum atomic E-state index is -0.864. The molecule has 0 radical (unpaired) electrons. The number of ketones is 1. The van der Waals surface area contributed by atoms with Gasteiger partial charge < -0.3 is 19.5 Å². The molecule has 7 nitrogen and oxygen atoms in total. The Balaban J connectivity index is 1.62. The Morgan fingerprint density at radius 2 is 1.71 bits per heavy atom. The van der Waals surface area contributed by atoms with Gasteiger partial charge in [0.1, 0.15) is 23.0 Å². The van der Waals surface area contributed by atoms with Gasteiger partial charge >= 0.3 is 0 Å². The highest BCUT2D eigenvalue weighted by atomic mass is 79.9. The second-order valence-electron chi connectivity index (χ2n) is 8.59. The number of hydrogen-bond donors (Lipinski definition) is 1. The van der Waals surface area contributed by atoms with E-state index >= 15 is 0 Å². The average Bonchev–Trinajstić information content (AvgIpc) is 3.19. The zero-order valence-corrected chi connectivity index (χ0v) is 22.0. The first-order valence-electron chi connectivity index (χ1n) is 11.8.